The van der Waals surface area contributed by atoms with Crippen LogP contribution in [0.15, 0.2) is 62.9 Å². The minimum atomic E-state index is -0.763. The van der Waals surface area contributed by atoms with Crippen LogP contribution in [0.1, 0.15) is 27.6 Å². The van der Waals surface area contributed by atoms with Gasteiger partial charge >= 0.3 is 11.7 Å². The van der Waals surface area contributed by atoms with E-state index >= 15 is 0 Å². The third kappa shape index (κ3) is 4.90. The summed E-state index contributed by atoms with van der Waals surface area (Å²) in [6.45, 7) is 1.25. The van der Waals surface area contributed by atoms with Crippen molar-refractivity contribution in [2.45, 2.75) is 6.92 Å². The minimum absolute atomic E-state index is 0.0746. The molecule has 3 rings (SSSR count). The molecule has 0 spiro atoms. The number of azo groups is 1. The molecular weight excluding hydrogens is 406 g/mol. The molecule has 11 nitrogen and oxygen atoms in total. The number of nitrogens with zero attached hydrogens (tertiary/aromatic N) is 2. The summed E-state index contributed by atoms with van der Waals surface area (Å²) in [6, 6.07) is 8.67. The summed E-state index contributed by atoms with van der Waals surface area (Å²) in [5.74, 6) is -1.84. The maximum absolute atomic E-state index is 12.6. The number of esters is 1. The maximum atomic E-state index is 12.6. The van der Waals surface area contributed by atoms with Crippen molar-refractivity contribution in [2.75, 3.05) is 12.4 Å². The number of hydrogen-bond donors (Lipinski definition) is 4. The highest BCUT2D eigenvalue weighted by atomic mass is 16.5. The number of aromatic amines is 2. The number of anilines is 1. The van der Waals surface area contributed by atoms with Crippen LogP contribution in [0.25, 0.3) is 11.0 Å². The number of allylic oxidation sites excluding steroid dienone is 1. The molecule has 1 aromatic heterocycles. The van der Waals surface area contributed by atoms with Crippen LogP contribution in [0.4, 0.5) is 11.4 Å². The van der Waals surface area contributed by atoms with E-state index in [1.807, 2.05) is 0 Å². The van der Waals surface area contributed by atoms with Gasteiger partial charge in [-0.15, -0.1) is 5.11 Å². The number of ether oxygens (including phenoxy) is 1. The van der Waals surface area contributed by atoms with Gasteiger partial charge < -0.3 is 25.1 Å². The van der Waals surface area contributed by atoms with E-state index in [1.54, 1.807) is 12.1 Å². The first-order valence-corrected chi connectivity index (χ1v) is 8.84. The van der Waals surface area contributed by atoms with Gasteiger partial charge in [-0.1, -0.05) is 0 Å². The first-order chi connectivity index (χ1) is 14.8. The largest absolute Gasteiger partial charge is 0.510 e. The van der Waals surface area contributed by atoms with Crippen molar-refractivity contribution in [3.8, 4) is 0 Å². The van der Waals surface area contributed by atoms with E-state index in [-0.39, 0.29) is 22.5 Å². The summed E-state index contributed by atoms with van der Waals surface area (Å²) in [4.78, 5) is 51.9. The zero-order valence-corrected chi connectivity index (χ0v) is 16.4. The Bertz CT molecular complexity index is 1300. The Morgan fingerprint density at radius 1 is 1.13 bits per heavy atom. The third-order valence-electron chi connectivity index (χ3n) is 4.09. The lowest BCUT2D eigenvalue weighted by atomic mass is 10.1. The molecular formula is C20H17N5O6. The molecule has 0 unspecified atom stereocenters. The molecule has 4 N–H and O–H groups in total. The third-order valence-corrected chi connectivity index (χ3v) is 4.09. The van der Waals surface area contributed by atoms with E-state index in [1.165, 1.54) is 38.3 Å². The number of aldehydes is 1. The zero-order valence-electron chi connectivity index (χ0n) is 16.4. The van der Waals surface area contributed by atoms with Crippen molar-refractivity contribution < 1.29 is 24.2 Å². The highest BCUT2D eigenvalue weighted by Crippen LogP contribution is 2.21. The number of H-pyrrole nitrogens is 2. The number of carbonyl (C=O) groups is 3. The number of aromatic nitrogens is 2. The SMILES string of the molecule is COC(=O)c1cc(C=O)cc(N=NC(C(=O)Nc2ccc3[nH]c(=O)[nH]c3c2)=C(C)O)c1. The van der Waals surface area contributed by atoms with E-state index < -0.39 is 23.3 Å². The zero-order chi connectivity index (χ0) is 22.5. The second kappa shape index (κ2) is 8.86. The number of hydrogen-bond acceptors (Lipinski definition) is 8. The first-order valence-electron chi connectivity index (χ1n) is 8.84. The van der Waals surface area contributed by atoms with Crippen LogP contribution in [0.2, 0.25) is 0 Å². The number of carbonyl (C=O) groups excluding carboxylic acids is 3. The second-order valence-corrected chi connectivity index (χ2v) is 6.35. The summed E-state index contributed by atoms with van der Waals surface area (Å²) in [6.07, 6.45) is 0.522. The number of imidazole rings is 1. The molecule has 0 saturated carbocycles. The Kier molecular flexibility index (Phi) is 6.05. The summed E-state index contributed by atoms with van der Waals surface area (Å²) in [5.41, 5.74) is 0.944. The molecule has 2 aromatic carbocycles. The molecule has 0 atom stereocenters. The smallest absolute Gasteiger partial charge is 0.337 e. The van der Waals surface area contributed by atoms with Crippen LogP contribution >= 0.6 is 0 Å². The van der Waals surface area contributed by atoms with Crippen molar-refractivity contribution in [1.29, 1.82) is 0 Å². The van der Waals surface area contributed by atoms with E-state index in [4.69, 9.17) is 0 Å². The van der Waals surface area contributed by atoms with E-state index in [0.717, 1.165) is 0 Å². The van der Waals surface area contributed by atoms with Gasteiger partial charge in [-0.2, -0.15) is 5.11 Å². The molecule has 1 amide bonds. The molecule has 0 aliphatic rings. The van der Waals surface area contributed by atoms with E-state index in [0.29, 0.717) is 23.0 Å². The predicted octanol–water partition coefficient (Wildman–Crippen LogP) is 2.97. The number of methoxy groups -OCH3 is 1. The van der Waals surface area contributed by atoms with Crippen molar-refractivity contribution >= 4 is 40.6 Å². The lowest BCUT2D eigenvalue weighted by Gasteiger charge is -2.06. The molecule has 31 heavy (non-hydrogen) atoms. The van der Waals surface area contributed by atoms with Crippen molar-refractivity contribution in [3.63, 3.8) is 0 Å². The Hall–Kier alpha value is -4.54. The van der Waals surface area contributed by atoms with Crippen LogP contribution in [0.5, 0.6) is 0 Å². The minimum Gasteiger partial charge on any atom is -0.510 e. The Balaban J connectivity index is 1.86. The Morgan fingerprint density at radius 2 is 1.87 bits per heavy atom. The van der Waals surface area contributed by atoms with Crippen LogP contribution in [0, 0.1) is 0 Å². The van der Waals surface area contributed by atoms with Gasteiger partial charge in [-0.25, -0.2) is 9.59 Å². The molecule has 1 heterocycles. The van der Waals surface area contributed by atoms with Gasteiger partial charge in [0.1, 0.15) is 12.0 Å². The highest BCUT2D eigenvalue weighted by molar-refractivity contribution is 6.04. The van der Waals surface area contributed by atoms with Gasteiger partial charge in [-0.05, 0) is 43.3 Å². The lowest BCUT2D eigenvalue weighted by Crippen LogP contribution is -2.14. The number of fused-ring (bicyclic) bond motifs is 1. The van der Waals surface area contributed by atoms with Crippen LogP contribution in [-0.4, -0.2) is 40.3 Å². The molecule has 0 saturated heterocycles. The summed E-state index contributed by atoms with van der Waals surface area (Å²) >= 11 is 0. The summed E-state index contributed by atoms with van der Waals surface area (Å²) < 4.78 is 4.63. The second-order valence-electron chi connectivity index (χ2n) is 6.35. The van der Waals surface area contributed by atoms with Gasteiger partial charge in [-0.3, -0.25) is 9.59 Å². The number of aliphatic hydroxyl groups is 1. The van der Waals surface area contributed by atoms with Crippen molar-refractivity contribution in [3.05, 3.63) is 69.5 Å². The van der Waals surface area contributed by atoms with Crippen molar-refractivity contribution in [1.82, 2.24) is 9.97 Å². The topological polar surface area (TPSA) is 166 Å². The number of benzene rings is 2. The average molecular weight is 423 g/mol. The number of nitrogens with one attached hydrogen (secondary N) is 3. The number of amides is 1. The number of aliphatic hydroxyl groups excluding tert-OH is 1. The molecule has 0 fully saturated rings. The van der Waals surface area contributed by atoms with E-state index in [2.05, 4.69) is 30.3 Å². The van der Waals surface area contributed by atoms with Crippen LogP contribution in [-0.2, 0) is 9.53 Å². The maximum Gasteiger partial charge on any atom is 0.337 e. The normalized spacial score (nSPS) is 11.9. The highest BCUT2D eigenvalue weighted by Gasteiger charge is 2.15. The Morgan fingerprint density at radius 3 is 2.55 bits per heavy atom. The lowest BCUT2D eigenvalue weighted by molar-refractivity contribution is -0.113. The fourth-order valence-corrected chi connectivity index (χ4v) is 2.69. The van der Waals surface area contributed by atoms with Gasteiger partial charge in [0, 0.05) is 11.3 Å². The molecule has 0 bridgehead atoms. The molecule has 0 aliphatic heterocycles. The van der Waals surface area contributed by atoms with Crippen molar-refractivity contribution in [2.24, 2.45) is 10.2 Å². The molecule has 11 heteroatoms. The molecule has 0 radical (unpaired) electrons. The quantitative estimate of drug-likeness (QED) is 0.156. The van der Waals surface area contributed by atoms with Gasteiger partial charge in [0.15, 0.2) is 5.70 Å². The number of rotatable bonds is 6. The average Bonchev–Trinajstić information content (AvgIpc) is 3.11. The Labute approximate surface area is 174 Å². The van der Waals surface area contributed by atoms with Gasteiger partial charge in [0.25, 0.3) is 5.91 Å². The van der Waals surface area contributed by atoms with Crippen LogP contribution in [0.3, 0.4) is 0 Å². The first kappa shape index (κ1) is 21.2. The molecule has 0 aliphatic carbocycles. The summed E-state index contributed by atoms with van der Waals surface area (Å²) in [5, 5.41) is 20.0. The molecule has 158 valence electrons. The predicted molar refractivity (Wildman–Crippen MR) is 111 cm³/mol. The summed E-state index contributed by atoms with van der Waals surface area (Å²) in [7, 11) is 1.19. The van der Waals surface area contributed by atoms with E-state index in [9.17, 15) is 24.3 Å². The van der Waals surface area contributed by atoms with Gasteiger partial charge in [0.2, 0.25) is 0 Å². The van der Waals surface area contributed by atoms with Crippen LogP contribution < -0.4 is 11.0 Å². The fourth-order valence-electron chi connectivity index (χ4n) is 2.69. The fraction of sp³-hybridized carbons (Fsp3) is 0.100. The molecule has 3 aromatic rings. The van der Waals surface area contributed by atoms with Gasteiger partial charge in [0.05, 0.1) is 29.4 Å². The monoisotopic (exact) mass is 423 g/mol. The standard InChI is InChI=1S/C20H17N5O6/c1-10(27)17(18(28)21-13-3-4-15-16(8-13)23-20(30)22-15)25-24-14-6-11(9-26)5-12(7-14)19(29)31-2/h3-9,27H,1-2H3,(H,21,28)(H2,22,23,30).